The number of aryl methyl sites for hydroxylation is 3. The van der Waals surface area contributed by atoms with Crippen LogP contribution in [0.15, 0.2) is 12.1 Å². The summed E-state index contributed by atoms with van der Waals surface area (Å²) in [5, 5.41) is 0. The van der Waals surface area contributed by atoms with Crippen LogP contribution in [0.4, 0.5) is 0 Å². The van der Waals surface area contributed by atoms with Crippen LogP contribution in [0.25, 0.3) is 0 Å². The molecule has 13 heavy (non-hydrogen) atoms. The molecular formula is C13H20. The predicted molar refractivity (Wildman–Crippen MR) is 59.3 cm³/mol. The monoisotopic (exact) mass is 176 g/mol. The van der Waals surface area contributed by atoms with E-state index in [0.717, 1.165) is 0 Å². The third kappa shape index (κ3) is 2.58. The van der Waals surface area contributed by atoms with E-state index in [0.29, 0.717) is 0 Å². The van der Waals surface area contributed by atoms with Crippen LogP contribution in [0.3, 0.4) is 0 Å². The van der Waals surface area contributed by atoms with E-state index in [9.17, 15) is 0 Å². The Balaban J connectivity index is 2.86. The van der Waals surface area contributed by atoms with Crippen LogP contribution >= 0.6 is 0 Å². The zero-order valence-electron chi connectivity index (χ0n) is 9.28. The maximum atomic E-state index is 2.33. The quantitative estimate of drug-likeness (QED) is 0.654. The Morgan fingerprint density at radius 2 is 1.54 bits per heavy atom. The van der Waals surface area contributed by atoms with Crippen molar-refractivity contribution in [2.45, 2.75) is 47.0 Å². The van der Waals surface area contributed by atoms with Crippen molar-refractivity contribution >= 4 is 0 Å². The molecular weight excluding hydrogens is 156 g/mol. The topological polar surface area (TPSA) is 0 Å². The molecule has 0 atom stereocenters. The summed E-state index contributed by atoms with van der Waals surface area (Å²) in [6.07, 6.45) is 3.83. The van der Waals surface area contributed by atoms with E-state index >= 15 is 0 Å². The summed E-state index contributed by atoms with van der Waals surface area (Å²) in [4.78, 5) is 0. The van der Waals surface area contributed by atoms with E-state index in [-0.39, 0.29) is 0 Å². The van der Waals surface area contributed by atoms with E-state index in [4.69, 9.17) is 0 Å². The molecule has 0 bridgehead atoms. The molecule has 0 radical (unpaired) electrons. The second-order valence-electron chi connectivity index (χ2n) is 3.96. The summed E-state index contributed by atoms with van der Waals surface area (Å²) < 4.78 is 0. The SMILES string of the molecule is CCCCc1cc(C)c(C)c(C)c1. The lowest BCUT2D eigenvalue weighted by Crippen LogP contribution is -1.92. The fourth-order valence-corrected chi connectivity index (χ4v) is 1.65. The minimum absolute atomic E-state index is 1.23. The Hall–Kier alpha value is -0.780. The molecule has 0 aromatic heterocycles. The second kappa shape index (κ2) is 4.45. The van der Waals surface area contributed by atoms with Gasteiger partial charge in [-0.1, -0.05) is 25.5 Å². The van der Waals surface area contributed by atoms with Gasteiger partial charge in [0, 0.05) is 0 Å². The van der Waals surface area contributed by atoms with Gasteiger partial charge in [-0.15, -0.1) is 0 Å². The zero-order valence-corrected chi connectivity index (χ0v) is 9.28. The molecule has 0 spiro atoms. The summed E-state index contributed by atoms with van der Waals surface area (Å²) in [6.45, 7) is 8.86. The molecule has 0 saturated carbocycles. The number of benzene rings is 1. The first-order chi connectivity index (χ1) is 6.15. The molecule has 0 aliphatic carbocycles. The summed E-state index contributed by atoms with van der Waals surface area (Å²) in [5.74, 6) is 0. The van der Waals surface area contributed by atoms with Gasteiger partial charge in [0.15, 0.2) is 0 Å². The normalized spacial score (nSPS) is 10.5. The van der Waals surface area contributed by atoms with Crippen molar-refractivity contribution in [3.63, 3.8) is 0 Å². The third-order valence-electron chi connectivity index (χ3n) is 2.81. The van der Waals surface area contributed by atoms with Gasteiger partial charge in [0.1, 0.15) is 0 Å². The van der Waals surface area contributed by atoms with Gasteiger partial charge in [-0.3, -0.25) is 0 Å². The molecule has 0 unspecified atom stereocenters. The van der Waals surface area contributed by atoms with E-state index in [1.807, 2.05) is 0 Å². The molecule has 0 aliphatic heterocycles. The Morgan fingerprint density at radius 1 is 1.00 bits per heavy atom. The van der Waals surface area contributed by atoms with Crippen LogP contribution in [-0.4, -0.2) is 0 Å². The van der Waals surface area contributed by atoms with Crippen molar-refractivity contribution in [2.24, 2.45) is 0 Å². The molecule has 1 rings (SSSR count). The second-order valence-corrected chi connectivity index (χ2v) is 3.96. The lowest BCUT2D eigenvalue weighted by Gasteiger charge is -2.08. The number of hydrogen-bond donors (Lipinski definition) is 0. The minimum atomic E-state index is 1.23. The molecule has 0 heterocycles. The minimum Gasteiger partial charge on any atom is -0.0654 e. The highest BCUT2D eigenvalue weighted by molar-refractivity contribution is 5.36. The van der Waals surface area contributed by atoms with Crippen molar-refractivity contribution in [1.82, 2.24) is 0 Å². The molecule has 0 fully saturated rings. The maximum Gasteiger partial charge on any atom is -0.0279 e. The van der Waals surface area contributed by atoms with E-state index < -0.39 is 0 Å². The number of rotatable bonds is 3. The first kappa shape index (κ1) is 10.3. The molecule has 0 nitrogen and oxygen atoms in total. The number of hydrogen-bond acceptors (Lipinski definition) is 0. The van der Waals surface area contributed by atoms with Crippen LogP contribution in [0.1, 0.15) is 42.0 Å². The van der Waals surface area contributed by atoms with Crippen LogP contribution in [0.2, 0.25) is 0 Å². The smallest absolute Gasteiger partial charge is 0.0279 e. The van der Waals surface area contributed by atoms with Gasteiger partial charge in [0.05, 0.1) is 0 Å². The van der Waals surface area contributed by atoms with Gasteiger partial charge in [-0.25, -0.2) is 0 Å². The largest absolute Gasteiger partial charge is 0.0654 e. The highest BCUT2D eigenvalue weighted by atomic mass is 14.1. The summed E-state index contributed by atoms with van der Waals surface area (Å²) in [6, 6.07) is 4.66. The van der Waals surface area contributed by atoms with Crippen LogP contribution < -0.4 is 0 Å². The van der Waals surface area contributed by atoms with Gasteiger partial charge in [0.2, 0.25) is 0 Å². The lowest BCUT2D eigenvalue weighted by atomic mass is 9.98. The van der Waals surface area contributed by atoms with Crippen LogP contribution in [0, 0.1) is 20.8 Å². The van der Waals surface area contributed by atoms with Crippen molar-refractivity contribution in [2.75, 3.05) is 0 Å². The maximum absolute atomic E-state index is 2.33. The molecule has 0 aliphatic rings. The lowest BCUT2D eigenvalue weighted by molar-refractivity contribution is 0.793. The van der Waals surface area contributed by atoms with Crippen LogP contribution in [0.5, 0.6) is 0 Å². The van der Waals surface area contributed by atoms with Crippen molar-refractivity contribution in [3.8, 4) is 0 Å². The Kier molecular flexibility index (Phi) is 3.53. The molecule has 0 saturated heterocycles. The van der Waals surface area contributed by atoms with Gasteiger partial charge in [-0.05, 0) is 55.9 Å². The van der Waals surface area contributed by atoms with Crippen molar-refractivity contribution < 1.29 is 0 Å². The van der Waals surface area contributed by atoms with Crippen molar-refractivity contribution in [1.29, 1.82) is 0 Å². The van der Waals surface area contributed by atoms with E-state index in [2.05, 4.69) is 39.8 Å². The van der Waals surface area contributed by atoms with Gasteiger partial charge in [-0.2, -0.15) is 0 Å². The highest BCUT2D eigenvalue weighted by Gasteiger charge is 2.00. The molecule has 72 valence electrons. The Bertz CT molecular complexity index is 261. The first-order valence-electron chi connectivity index (χ1n) is 5.22. The average Bonchev–Trinajstić information content (AvgIpc) is 2.10. The summed E-state index contributed by atoms with van der Waals surface area (Å²) in [5.41, 5.74) is 5.82. The molecule has 1 aromatic carbocycles. The van der Waals surface area contributed by atoms with Gasteiger partial charge < -0.3 is 0 Å². The standard InChI is InChI=1S/C13H20/c1-5-6-7-13-8-10(2)12(4)11(3)9-13/h8-9H,5-7H2,1-4H3. The summed E-state index contributed by atoms with van der Waals surface area (Å²) >= 11 is 0. The van der Waals surface area contributed by atoms with Crippen molar-refractivity contribution in [3.05, 3.63) is 34.4 Å². The molecule has 0 heteroatoms. The molecule has 0 amide bonds. The Labute approximate surface area is 82.0 Å². The van der Waals surface area contributed by atoms with E-state index in [1.165, 1.54) is 41.5 Å². The zero-order chi connectivity index (χ0) is 9.84. The summed E-state index contributed by atoms with van der Waals surface area (Å²) in [7, 11) is 0. The Morgan fingerprint density at radius 3 is 2.00 bits per heavy atom. The third-order valence-corrected chi connectivity index (χ3v) is 2.81. The van der Waals surface area contributed by atoms with Gasteiger partial charge in [0.25, 0.3) is 0 Å². The van der Waals surface area contributed by atoms with Crippen LogP contribution in [-0.2, 0) is 6.42 Å². The highest BCUT2D eigenvalue weighted by Crippen LogP contribution is 2.16. The van der Waals surface area contributed by atoms with Gasteiger partial charge >= 0.3 is 0 Å². The number of unbranched alkanes of at least 4 members (excludes halogenated alkanes) is 1. The van der Waals surface area contributed by atoms with E-state index in [1.54, 1.807) is 0 Å². The molecule has 1 aromatic rings. The molecule has 0 N–H and O–H groups in total. The fourth-order valence-electron chi connectivity index (χ4n) is 1.65. The average molecular weight is 176 g/mol. The first-order valence-corrected chi connectivity index (χ1v) is 5.22. The fraction of sp³-hybridized carbons (Fsp3) is 0.538. The predicted octanol–water partition coefficient (Wildman–Crippen LogP) is 3.95.